The first kappa shape index (κ1) is 22.6. The van der Waals surface area contributed by atoms with Crippen molar-refractivity contribution >= 4 is 57.6 Å². The third kappa shape index (κ3) is 5.32. The molecule has 0 radical (unpaired) electrons. The van der Waals surface area contributed by atoms with Crippen LogP contribution in [-0.2, 0) is 4.79 Å². The Morgan fingerprint density at radius 3 is 2.60 bits per heavy atom. The first-order valence-corrected chi connectivity index (χ1v) is 11.5. The molecule has 0 bridgehead atoms. The second-order valence-corrected chi connectivity index (χ2v) is 8.46. The van der Waals surface area contributed by atoms with Crippen LogP contribution in [0.3, 0.4) is 0 Å². The zero-order chi connectivity index (χ0) is 24.2. The summed E-state index contributed by atoms with van der Waals surface area (Å²) in [5.41, 5.74) is 4.15. The maximum absolute atomic E-state index is 12.4. The summed E-state index contributed by atoms with van der Waals surface area (Å²) >= 11 is 11.6. The monoisotopic (exact) mass is 498 g/mol. The van der Waals surface area contributed by atoms with Crippen LogP contribution in [0.25, 0.3) is 39.8 Å². The molecule has 3 N–H and O–H groups in total. The van der Waals surface area contributed by atoms with Gasteiger partial charge in [-0.3, -0.25) is 10.1 Å². The van der Waals surface area contributed by atoms with Crippen LogP contribution < -0.4 is 10.6 Å². The van der Waals surface area contributed by atoms with E-state index in [-0.39, 0.29) is 5.11 Å². The van der Waals surface area contributed by atoms with E-state index in [4.69, 9.17) is 28.2 Å². The smallest absolute Gasteiger partial charge is 0.250 e. The number of amides is 1. The number of benzene rings is 3. The summed E-state index contributed by atoms with van der Waals surface area (Å²) in [5, 5.41) is 6.17. The number of hydrogen-bond acceptors (Lipinski definition) is 4. The number of carbonyl (C=O) groups is 1. The third-order valence-corrected chi connectivity index (χ3v) is 5.73. The molecule has 35 heavy (non-hydrogen) atoms. The van der Waals surface area contributed by atoms with E-state index < -0.39 is 5.91 Å². The Morgan fingerprint density at radius 1 is 0.971 bits per heavy atom. The SMILES string of the molecule is O=C(/C=C/c1ccc(-c2ccccc2)o1)NC(=S)Nc1cc(-c2nc3ccccc3[nH]2)ccc1Cl. The minimum absolute atomic E-state index is 0.118. The zero-order valence-corrected chi connectivity index (χ0v) is 19.9. The summed E-state index contributed by atoms with van der Waals surface area (Å²) in [6.45, 7) is 0. The summed E-state index contributed by atoms with van der Waals surface area (Å²) in [4.78, 5) is 20.2. The molecule has 6 nitrogen and oxygen atoms in total. The van der Waals surface area contributed by atoms with Crippen molar-refractivity contribution in [1.29, 1.82) is 0 Å². The van der Waals surface area contributed by atoms with Crippen LogP contribution in [0.2, 0.25) is 5.02 Å². The van der Waals surface area contributed by atoms with Gasteiger partial charge >= 0.3 is 0 Å². The molecular weight excluding hydrogens is 480 g/mol. The Hall–Kier alpha value is -4.20. The molecule has 3 aromatic carbocycles. The molecule has 0 spiro atoms. The average Bonchev–Trinajstić information content (AvgIpc) is 3.52. The van der Waals surface area contributed by atoms with Gasteiger partial charge in [-0.2, -0.15) is 0 Å². The Kier molecular flexibility index (Phi) is 6.43. The first-order valence-electron chi connectivity index (χ1n) is 10.8. The van der Waals surface area contributed by atoms with E-state index in [1.807, 2.05) is 72.8 Å². The van der Waals surface area contributed by atoms with Crippen LogP contribution in [0.1, 0.15) is 5.76 Å². The number of para-hydroxylation sites is 2. The second-order valence-electron chi connectivity index (χ2n) is 7.64. The van der Waals surface area contributed by atoms with Crippen molar-refractivity contribution in [2.24, 2.45) is 0 Å². The fourth-order valence-electron chi connectivity index (χ4n) is 3.52. The predicted octanol–water partition coefficient (Wildman–Crippen LogP) is 6.67. The molecule has 2 aromatic heterocycles. The lowest BCUT2D eigenvalue weighted by molar-refractivity contribution is -0.115. The molecule has 2 heterocycles. The molecule has 8 heteroatoms. The number of thiocarbonyl (C=S) groups is 1. The molecule has 0 aliphatic heterocycles. The lowest BCUT2D eigenvalue weighted by Crippen LogP contribution is -2.32. The number of aromatic amines is 1. The van der Waals surface area contributed by atoms with Gasteiger partial charge in [-0.15, -0.1) is 0 Å². The minimum Gasteiger partial charge on any atom is -0.457 e. The summed E-state index contributed by atoms with van der Waals surface area (Å²) in [5.74, 6) is 1.59. The summed E-state index contributed by atoms with van der Waals surface area (Å²) < 4.78 is 5.77. The highest BCUT2D eigenvalue weighted by molar-refractivity contribution is 7.80. The maximum atomic E-state index is 12.4. The number of halogens is 1. The number of H-pyrrole nitrogens is 1. The molecule has 0 unspecified atom stereocenters. The van der Waals surface area contributed by atoms with E-state index in [1.165, 1.54) is 6.08 Å². The Labute approximate surface area is 211 Å². The standard InChI is InChI=1S/C27H19ClN4O2S/c28-20-13-10-18(26-29-21-8-4-5-9-22(21)30-26)16-23(20)31-27(35)32-25(33)15-12-19-11-14-24(34-19)17-6-2-1-3-7-17/h1-16H,(H,29,30)(H2,31,32,33,35)/b15-12+. The number of nitrogens with zero attached hydrogens (tertiary/aromatic N) is 1. The molecule has 5 rings (SSSR count). The van der Waals surface area contributed by atoms with Gasteiger partial charge in [0, 0.05) is 17.2 Å². The number of imidazole rings is 1. The summed E-state index contributed by atoms with van der Waals surface area (Å²) in [6.07, 6.45) is 2.94. The van der Waals surface area contributed by atoms with Crippen LogP contribution >= 0.6 is 23.8 Å². The zero-order valence-electron chi connectivity index (χ0n) is 18.3. The topological polar surface area (TPSA) is 82.9 Å². The molecule has 0 aliphatic carbocycles. The van der Waals surface area contributed by atoms with Gasteiger partial charge in [0.15, 0.2) is 5.11 Å². The van der Waals surface area contributed by atoms with Crippen molar-refractivity contribution in [3.63, 3.8) is 0 Å². The van der Waals surface area contributed by atoms with E-state index >= 15 is 0 Å². The molecule has 172 valence electrons. The van der Waals surface area contributed by atoms with Crippen molar-refractivity contribution in [1.82, 2.24) is 15.3 Å². The first-order chi connectivity index (χ1) is 17.0. The van der Waals surface area contributed by atoms with Crippen LogP contribution in [-0.4, -0.2) is 21.0 Å². The second kappa shape index (κ2) is 9.97. The van der Waals surface area contributed by atoms with Gasteiger partial charge in [-0.1, -0.05) is 54.1 Å². The van der Waals surface area contributed by atoms with Crippen molar-refractivity contribution in [3.05, 3.63) is 102 Å². The summed E-state index contributed by atoms with van der Waals surface area (Å²) in [6, 6.07) is 26.6. The van der Waals surface area contributed by atoms with E-state index in [9.17, 15) is 4.79 Å². The number of anilines is 1. The van der Waals surface area contributed by atoms with Gasteiger partial charge in [0.05, 0.1) is 21.7 Å². The number of aromatic nitrogens is 2. The number of nitrogens with one attached hydrogen (secondary N) is 3. The molecule has 0 atom stereocenters. The highest BCUT2D eigenvalue weighted by atomic mass is 35.5. The molecule has 0 saturated carbocycles. The largest absolute Gasteiger partial charge is 0.457 e. The molecule has 0 aliphatic rings. The van der Waals surface area contributed by atoms with Gasteiger partial charge in [0.1, 0.15) is 17.3 Å². The van der Waals surface area contributed by atoms with E-state index in [0.29, 0.717) is 22.3 Å². The van der Waals surface area contributed by atoms with Crippen LogP contribution in [0, 0.1) is 0 Å². The van der Waals surface area contributed by atoms with Gasteiger partial charge < -0.3 is 14.7 Å². The number of carbonyl (C=O) groups excluding carboxylic acids is 1. The Morgan fingerprint density at radius 2 is 1.77 bits per heavy atom. The van der Waals surface area contributed by atoms with Gasteiger partial charge in [-0.05, 0) is 60.8 Å². The van der Waals surface area contributed by atoms with E-state index in [2.05, 4.69) is 20.6 Å². The molecular formula is C27H19ClN4O2S. The van der Waals surface area contributed by atoms with Gasteiger partial charge in [0.25, 0.3) is 0 Å². The average molecular weight is 499 g/mol. The highest BCUT2D eigenvalue weighted by Crippen LogP contribution is 2.29. The number of hydrogen-bond donors (Lipinski definition) is 3. The van der Waals surface area contributed by atoms with Crippen molar-refractivity contribution in [2.45, 2.75) is 0 Å². The molecule has 0 saturated heterocycles. The Bertz CT molecular complexity index is 1520. The predicted molar refractivity (Wildman–Crippen MR) is 144 cm³/mol. The van der Waals surface area contributed by atoms with E-state index in [0.717, 1.165) is 27.9 Å². The quantitative estimate of drug-likeness (QED) is 0.186. The minimum atomic E-state index is -0.398. The normalized spacial score (nSPS) is 11.1. The molecule has 5 aromatic rings. The lowest BCUT2D eigenvalue weighted by atomic mass is 10.2. The number of furan rings is 1. The van der Waals surface area contributed by atoms with Crippen molar-refractivity contribution in [3.8, 4) is 22.7 Å². The lowest BCUT2D eigenvalue weighted by Gasteiger charge is -2.11. The molecule has 0 fully saturated rings. The fraction of sp³-hybridized carbons (Fsp3) is 0. The van der Waals surface area contributed by atoms with Gasteiger partial charge in [-0.25, -0.2) is 4.98 Å². The van der Waals surface area contributed by atoms with Crippen LogP contribution in [0.5, 0.6) is 0 Å². The highest BCUT2D eigenvalue weighted by Gasteiger charge is 2.10. The number of rotatable bonds is 5. The maximum Gasteiger partial charge on any atom is 0.250 e. The van der Waals surface area contributed by atoms with Crippen LogP contribution in [0.15, 0.2) is 95.4 Å². The van der Waals surface area contributed by atoms with Crippen molar-refractivity contribution in [2.75, 3.05) is 5.32 Å². The van der Waals surface area contributed by atoms with Crippen LogP contribution in [0.4, 0.5) is 5.69 Å². The Balaban J connectivity index is 1.23. The summed E-state index contributed by atoms with van der Waals surface area (Å²) in [7, 11) is 0. The number of fused-ring (bicyclic) bond motifs is 1. The van der Waals surface area contributed by atoms with Crippen molar-refractivity contribution < 1.29 is 9.21 Å². The fourth-order valence-corrected chi connectivity index (χ4v) is 3.90. The molecule has 1 amide bonds. The van der Waals surface area contributed by atoms with E-state index in [1.54, 1.807) is 18.2 Å². The third-order valence-electron chi connectivity index (χ3n) is 5.20. The van der Waals surface area contributed by atoms with Gasteiger partial charge in [0.2, 0.25) is 5.91 Å².